The van der Waals surface area contributed by atoms with Gasteiger partial charge in [0.1, 0.15) is 11.6 Å². The molecule has 110 valence electrons. The molecule has 0 heterocycles. The van der Waals surface area contributed by atoms with Gasteiger partial charge >= 0.3 is 0 Å². The zero-order valence-corrected chi connectivity index (χ0v) is 11.6. The molecule has 1 amide bonds. The van der Waals surface area contributed by atoms with Crippen molar-refractivity contribution in [3.63, 3.8) is 0 Å². The number of nitrogens with zero attached hydrogens (tertiary/aromatic N) is 1. The first-order valence-corrected chi connectivity index (χ1v) is 7.01. The minimum atomic E-state index is -0.619. The molecule has 1 fully saturated rings. The van der Waals surface area contributed by atoms with Crippen molar-refractivity contribution in [1.29, 1.82) is 0 Å². The molecule has 0 spiro atoms. The maximum Gasteiger partial charge on any atom is 0.227 e. The predicted octanol–water partition coefficient (Wildman–Crippen LogP) is 2.44. The smallest absolute Gasteiger partial charge is 0.227 e. The van der Waals surface area contributed by atoms with E-state index in [9.17, 15) is 13.6 Å². The molecule has 0 unspecified atom stereocenters. The van der Waals surface area contributed by atoms with Gasteiger partial charge in [0.25, 0.3) is 0 Å². The van der Waals surface area contributed by atoms with Crippen molar-refractivity contribution in [2.24, 2.45) is 11.7 Å². The third-order valence-corrected chi connectivity index (χ3v) is 3.99. The molecule has 0 bridgehead atoms. The second-order valence-electron chi connectivity index (χ2n) is 5.25. The lowest BCUT2D eigenvalue weighted by molar-refractivity contribution is -0.136. The van der Waals surface area contributed by atoms with E-state index in [2.05, 4.69) is 0 Å². The fourth-order valence-corrected chi connectivity index (χ4v) is 2.75. The molecular formula is C15H20F2N2O. The second-order valence-corrected chi connectivity index (χ2v) is 5.25. The highest BCUT2D eigenvalue weighted by molar-refractivity contribution is 5.79. The summed E-state index contributed by atoms with van der Waals surface area (Å²) in [5, 5.41) is 0. The fourth-order valence-electron chi connectivity index (χ4n) is 2.75. The van der Waals surface area contributed by atoms with Crippen molar-refractivity contribution in [1.82, 2.24) is 4.90 Å². The summed E-state index contributed by atoms with van der Waals surface area (Å²) >= 11 is 0. The van der Waals surface area contributed by atoms with Crippen LogP contribution in [0.1, 0.15) is 31.7 Å². The molecule has 5 heteroatoms. The first-order valence-electron chi connectivity index (χ1n) is 7.01. The van der Waals surface area contributed by atoms with Crippen LogP contribution in [0.2, 0.25) is 0 Å². The van der Waals surface area contributed by atoms with E-state index in [1.165, 1.54) is 23.1 Å². The van der Waals surface area contributed by atoms with Gasteiger partial charge in [0, 0.05) is 18.2 Å². The maximum atomic E-state index is 13.7. The summed E-state index contributed by atoms with van der Waals surface area (Å²) in [5.74, 6) is -1.55. The van der Waals surface area contributed by atoms with Gasteiger partial charge in [0.2, 0.25) is 5.91 Å². The Bertz CT molecular complexity index is 473. The van der Waals surface area contributed by atoms with Gasteiger partial charge in [-0.15, -0.1) is 0 Å². The van der Waals surface area contributed by atoms with Crippen molar-refractivity contribution in [3.8, 4) is 0 Å². The van der Waals surface area contributed by atoms with E-state index >= 15 is 0 Å². The molecule has 2 N–H and O–H groups in total. The summed E-state index contributed by atoms with van der Waals surface area (Å²) in [6.07, 6.45) is 2.53. The predicted molar refractivity (Wildman–Crippen MR) is 72.8 cm³/mol. The number of hydrogen-bond donors (Lipinski definition) is 1. The van der Waals surface area contributed by atoms with Gasteiger partial charge < -0.3 is 10.6 Å². The van der Waals surface area contributed by atoms with Crippen LogP contribution in [0, 0.1) is 17.6 Å². The molecule has 0 aliphatic heterocycles. The number of halogens is 2. The number of amides is 1. The van der Waals surface area contributed by atoms with Gasteiger partial charge in [-0.1, -0.05) is 12.5 Å². The van der Waals surface area contributed by atoms with E-state index < -0.39 is 11.6 Å². The SMILES string of the molecule is CCN(Cc1c(F)cccc1F)C(=O)[C@@H]1CCC[C@H]1N. The molecule has 1 aromatic carbocycles. The molecule has 1 aliphatic rings. The Hall–Kier alpha value is -1.49. The molecule has 1 saturated carbocycles. The van der Waals surface area contributed by atoms with Crippen molar-refractivity contribution in [2.45, 2.75) is 38.8 Å². The molecule has 0 radical (unpaired) electrons. The lowest BCUT2D eigenvalue weighted by Crippen LogP contribution is -2.41. The largest absolute Gasteiger partial charge is 0.338 e. The van der Waals surface area contributed by atoms with Crippen LogP contribution in [0.3, 0.4) is 0 Å². The van der Waals surface area contributed by atoms with E-state index in [0.717, 1.165) is 19.3 Å². The Morgan fingerprint density at radius 1 is 1.35 bits per heavy atom. The van der Waals surface area contributed by atoms with E-state index in [1.807, 2.05) is 0 Å². The number of nitrogens with two attached hydrogens (primary N) is 1. The number of benzene rings is 1. The van der Waals surface area contributed by atoms with E-state index in [4.69, 9.17) is 5.73 Å². The normalized spacial score (nSPS) is 22.0. The highest BCUT2D eigenvalue weighted by Crippen LogP contribution is 2.27. The topological polar surface area (TPSA) is 46.3 Å². The van der Waals surface area contributed by atoms with Crippen molar-refractivity contribution < 1.29 is 13.6 Å². The van der Waals surface area contributed by atoms with Crippen LogP contribution in [0.15, 0.2) is 18.2 Å². The molecule has 0 aromatic heterocycles. The van der Waals surface area contributed by atoms with Gasteiger partial charge in [-0.2, -0.15) is 0 Å². The first kappa shape index (κ1) is 14.9. The standard InChI is InChI=1S/C15H20F2N2O/c1-2-19(15(20)10-5-3-8-14(10)18)9-11-12(16)6-4-7-13(11)17/h4,6-7,10,14H,2-3,5,8-9,18H2,1H3/t10-,14-/m1/s1. The van der Waals surface area contributed by atoms with Gasteiger partial charge in [0.05, 0.1) is 12.5 Å². The summed E-state index contributed by atoms with van der Waals surface area (Å²) in [5.41, 5.74) is 5.87. The lowest BCUT2D eigenvalue weighted by Gasteiger charge is -2.26. The third kappa shape index (κ3) is 2.98. The zero-order valence-electron chi connectivity index (χ0n) is 11.6. The Morgan fingerprint density at radius 3 is 2.50 bits per heavy atom. The maximum absolute atomic E-state index is 13.7. The summed E-state index contributed by atoms with van der Waals surface area (Å²) in [4.78, 5) is 13.9. The average molecular weight is 282 g/mol. The summed E-state index contributed by atoms with van der Waals surface area (Å²) in [6, 6.07) is 3.59. The molecule has 2 rings (SSSR count). The Kier molecular flexibility index (Phi) is 4.70. The Labute approximate surface area is 117 Å². The van der Waals surface area contributed by atoms with Gasteiger partial charge in [-0.3, -0.25) is 4.79 Å². The summed E-state index contributed by atoms with van der Waals surface area (Å²) < 4.78 is 27.3. The molecule has 20 heavy (non-hydrogen) atoms. The summed E-state index contributed by atoms with van der Waals surface area (Å²) in [6.45, 7) is 2.17. The van der Waals surface area contributed by atoms with Crippen LogP contribution in [0.5, 0.6) is 0 Å². The highest BCUT2D eigenvalue weighted by atomic mass is 19.1. The molecular weight excluding hydrogens is 262 g/mol. The number of rotatable bonds is 4. The minimum Gasteiger partial charge on any atom is -0.338 e. The van der Waals surface area contributed by atoms with Gasteiger partial charge in [-0.05, 0) is 31.9 Å². The quantitative estimate of drug-likeness (QED) is 0.922. The van der Waals surface area contributed by atoms with Crippen LogP contribution in [0.4, 0.5) is 8.78 Å². The van der Waals surface area contributed by atoms with Crippen LogP contribution < -0.4 is 5.73 Å². The van der Waals surface area contributed by atoms with E-state index in [0.29, 0.717) is 6.54 Å². The molecule has 2 atom stereocenters. The van der Waals surface area contributed by atoms with Crippen LogP contribution in [0.25, 0.3) is 0 Å². The van der Waals surface area contributed by atoms with Crippen LogP contribution >= 0.6 is 0 Å². The fraction of sp³-hybridized carbons (Fsp3) is 0.533. The first-order chi connectivity index (χ1) is 9.54. The Balaban J connectivity index is 2.14. The van der Waals surface area contributed by atoms with Crippen molar-refractivity contribution in [3.05, 3.63) is 35.4 Å². The number of hydrogen-bond acceptors (Lipinski definition) is 2. The molecule has 0 saturated heterocycles. The summed E-state index contributed by atoms with van der Waals surface area (Å²) in [7, 11) is 0. The molecule has 3 nitrogen and oxygen atoms in total. The average Bonchev–Trinajstić information content (AvgIpc) is 2.84. The third-order valence-electron chi connectivity index (χ3n) is 3.99. The second kappa shape index (κ2) is 6.31. The monoisotopic (exact) mass is 282 g/mol. The minimum absolute atomic E-state index is 0.0446. The Morgan fingerprint density at radius 2 is 2.00 bits per heavy atom. The number of carbonyl (C=O) groups is 1. The van der Waals surface area contributed by atoms with E-state index in [-0.39, 0.29) is 30.0 Å². The van der Waals surface area contributed by atoms with Gasteiger partial charge in [-0.25, -0.2) is 8.78 Å². The van der Waals surface area contributed by atoms with E-state index in [1.54, 1.807) is 6.92 Å². The van der Waals surface area contributed by atoms with Crippen LogP contribution in [-0.4, -0.2) is 23.4 Å². The number of carbonyl (C=O) groups excluding carboxylic acids is 1. The highest BCUT2D eigenvalue weighted by Gasteiger charge is 2.33. The van der Waals surface area contributed by atoms with Crippen LogP contribution in [-0.2, 0) is 11.3 Å². The molecule has 1 aromatic rings. The van der Waals surface area contributed by atoms with Crippen molar-refractivity contribution in [2.75, 3.05) is 6.54 Å². The van der Waals surface area contributed by atoms with Crippen molar-refractivity contribution >= 4 is 5.91 Å². The lowest BCUT2D eigenvalue weighted by atomic mass is 10.0. The zero-order chi connectivity index (χ0) is 14.7. The molecule has 1 aliphatic carbocycles. The van der Waals surface area contributed by atoms with Gasteiger partial charge in [0.15, 0.2) is 0 Å².